The fraction of sp³-hybridized carbons (Fsp3) is 0.529. The molecule has 0 atom stereocenters. The predicted molar refractivity (Wildman–Crippen MR) is 91.3 cm³/mol. The second kappa shape index (κ2) is 8.75. The van der Waals surface area contributed by atoms with Gasteiger partial charge in [-0.25, -0.2) is 13.8 Å². The molecule has 0 saturated heterocycles. The summed E-state index contributed by atoms with van der Waals surface area (Å²) in [7, 11) is 4.92. The van der Waals surface area contributed by atoms with E-state index in [1.165, 1.54) is 11.0 Å². The van der Waals surface area contributed by atoms with Crippen LogP contribution in [-0.2, 0) is 22.5 Å². The van der Waals surface area contributed by atoms with E-state index in [-0.39, 0.29) is 12.5 Å². The highest BCUT2D eigenvalue weighted by molar-refractivity contribution is 5.85. The summed E-state index contributed by atoms with van der Waals surface area (Å²) in [5.74, 6) is -0.696. The van der Waals surface area contributed by atoms with Gasteiger partial charge in [-0.2, -0.15) is 0 Å². The Balaban J connectivity index is 2.16. The first-order valence-corrected chi connectivity index (χ1v) is 8.11. The highest BCUT2D eigenvalue weighted by Gasteiger charge is 2.23. The number of nitrogens with zero attached hydrogens (tertiary/aromatic N) is 3. The van der Waals surface area contributed by atoms with E-state index >= 15 is 0 Å². The van der Waals surface area contributed by atoms with Crippen molar-refractivity contribution in [3.05, 3.63) is 34.9 Å². The molecule has 0 spiro atoms. The molecule has 0 saturated carbocycles. The summed E-state index contributed by atoms with van der Waals surface area (Å²) >= 11 is 0. The second-order valence-corrected chi connectivity index (χ2v) is 6.04. The maximum atomic E-state index is 13.9. The van der Waals surface area contributed by atoms with Crippen molar-refractivity contribution >= 4 is 11.9 Å². The first kappa shape index (κ1) is 19.1. The number of guanidine groups is 1. The number of carbonyl (C=O) groups is 1. The number of methoxy groups -OCH3 is 1. The third-order valence-corrected chi connectivity index (χ3v) is 4.00. The molecule has 1 aliphatic rings. The van der Waals surface area contributed by atoms with Gasteiger partial charge in [-0.3, -0.25) is 4.79 Å². The Morgan fingerprint density at radius 2 is 2.16 bits per heavy atom. The van der Waals surface area contributed by atoms with Gasteiger partial charge in [0.25, 0.3) is 0 Å². The summed E-state index contributed by atoms with van der Waals surface area (Å²) in [6, 6.07) is 2.26. The van der Waals surface area contributed by atoms with Crippen molar-refractivity contribution in [2.24, 2.45) is 4.99 Å². The molecular weight excluding hydrogens is 330 g/mol. The van der Waals surface area contributed by atoms with E-state index < -0.39 is 11.6 Å². The minimum absolute atomic E-state index is 0.00316. The van der Waals surface area contributed by atoms with Crippen molar-refractivity contribution in [1.82, 2.24) is 15.1 Å². The Hall–Kier alpha value is -2.22. The van der Waals surface area contributed by atoms with Crippen LogP contribution in [0.1, 0.15) is 11.1 Å². The van der Waals surface area contributed by atoms with Gasteiger partial charge >= 0.3 is 0 Å². The van der Waals surface area contributed by atoms with Crippen LogP contribution < -0.4 is 5.32 Å². The van der Waals surface area contributed by atoms with Gasteiger partial charge < -0.3 is 19.9 Å². The van der Waals surface area contributed by atoms with Crippen LogP contribution in [0, 0.1) is 11.6 Å². The number of ether oxygens (including phenoxy) is 1. The minimum Gasteiger partial charge on any atom is -0.383 e. The number of aliphatic imine (C=N–C) groups is 1. The zero-order valence-electron chi connectivity index (χ0n) is 14.8. The third kappa shape index (κ3) is 5.12. The molecule has 1 N–H and O–H groups in total. The number of hydrogen-bond donors (Lipinski definition) is 1. The number of fused-ring (bicyclic) bond motifs is 1. The van der Waals surface area contributed by atoms with Gasteiger partial charge in [0.15, 0.2) is 5.96 Å². The molecule has 8 heteroatoms. The normalized spacial score (nSPS) is 14.3. The molecule has 0 bridgehead atoms. The first-order chi connectivity index (χ1) is 11.9. The van der Waals surface area contributed by atoms with Gasteiger partial charge in [0.1, 0.15) is 18.2 Å². The number of halogens is 2. The standard InChI is InChI=1S/C17H24F2N4O2/c1-22(2)16(24)10-21-17(20-5-7-25-3)23-6-4-14-12(11-23)8-13(18)9-15(14)19/h8-9H,4-7,10-11H2,1-3H3,(H,20,21). The Morgan fingerprint density at radius 3 is 2.84 bits per heavy atom. The van der Waals surface area contributed by atoms with E-state index in [1.807, 2.05) is 4.90 Å². The molecule has 0 aliphatic carbocycles. The number of carbonyl (C=O) groups excluding carboxylic acids is 1. The van der Waals surface area contributed by atoms with Gasteiger partial charge in [0, 0.05) is 46.9 Å². The van der Waals surface area contributed by atoms with Gasteiger partial charge in [0.2, 0.25) is 5.91 Å². The number of amides is 1. The van der Waals surface area contributed by atoms with E-state index in [4.69, 9.17) is 4.74 Å². The molecule has 0 unspecified atom stereocenters. The van der Waals surface area contributed by atoms with Gasteiger partial charge in [0.05, 0.1) is 6.61 Å². The number of rotatable bonds is 5. The molecule has 138 valence electrons. The summed E-state index contributed by atoms with van der Waals surface area (Å²) in [4.78, 5) is 19.5. The average molecular weight is 354 g/mol. The Bertz CT molecular complexity index is 650. The van der Waals surface area contributed by atoms with Crippen molar-refractivity contribution in [3.8, 4) is 0 Å². The van der Waals surface area contributed by atoms with Crippen LogP contribution in [-0.4, -0.2) is 69.1 Å². The molecule has 0 radical (unpaired) electrons. The molecule has 1 aliphatic heterocycles. The van der Waals surface area contributed by atoms with Crippen LogP contribution in [0.3, 0.4) is 0 Å². The van der Waals surface area contributed by atoms with Crippen LogP contribution in [0.25, 0.3) is 0 Å². The largest absolute Gasteiger partial charge is 0.383 e. The SMILES string of the molecule is COCCNC(=NCC(=O)N(C)C)N1CCc2c(F)cc(F)cc2C1. The lowest BCUT2D eigenvalue weighted by Crippen LogP contribution is -2.45. The molecule has 1 heterocycles. The van der Waals surface area contributed by atoms with Gasteiger partial charge in [-0.15, -0.1) is 0 Å². The third-order valence-electron chi connectivity index (χ3n) is 4.00. The number of likely N-dealkylation sites (N-methyl/N-ethyl adjacent to an activating group) is 1. The minimum atomic E-state index is -0.591. The fourth-order valence-electron chi connectivity index (χ4n) is 2.61. The summed E-state index contributed by atoms with van der Waals surface area (Å²) in [5, 5.41) is 3.14. The average Bonchev–Trinajstić information content (AvgIpc) is 2.56. The Kier molecular flexibility index (Phi) is 6.69. The van der Waals surface area contributed by atoms with Crippen molar-refractivity contribution in [2.45, 2.75) is 13.0 Å². The molecule has 6 nitrogen and oxygen atoms in total. The molecule has 1 aromatic carbocycles. The van der Waals surface area contributed by atoms with E-state index in [2.05, 4.69) is 10.3 Å². The first-order valence-electron chi connectivity index (χ1n) is 8.11. The van der Waals surface area contributed by atoms with Crippen LogP contribution in [0.2, 0.25) is 0 Å². The topological polar surface area (TPSA) is 57.2 Å². The van der Waals surface area contributed by atoms with Crippen LogP contribution in [0.5, 0.6) is 0 Å². The molecule has 1 aromatic rings. The van der Waals surface area contributed by atoms with E-state index in [9.17, 15) is 13.6 Å². The molecule has 25 heavy (non-hydrogen) atoms. The summed E-state index contributed by atoms with van der Waals surface area (Å²) < 4.78 is 32.4. The lowest BCUT2D eigenvalue weighted by molar-refractivity contribution is -0.127. The summed E-state index contributed by atoms with van der Waals surface area (Å²) in [6.07, 6.45) is 0.452. The van der Waals surface area contributed by atoms with Crippen molar-refractivity contribution in [1.29, 1.82) is 0 Å². The Morgan fingerprint density at radius 1 is 1.40 bits per heavy atom. The molecule has 1 amide bonds. The highest BCUT2D eigenvalue weighted by Crippen LogP contribution is 2.23. The number of nitrogens with one attached hydrogen (secondary N) is 1. The van der Waals surface area contributed by atoms with Crippen LogP contribution in [0.4, 0.5) is 8.78 Å². The van der Waals surface area contributed by atoms with Crippen molar-refractivity contribution in [2.75, 3.05) is 47.4 Å². The summed E-state index contributed by atoms with van der Waals surface area (Å²) in [6.45, 7) is 1.87. The summed E-state index contributed by atoms with van der Waals surface area (Å²) in [5.41, 5.74) is 1.14. The molecular formula is C17H24F2N4O2. The molecule has 2 rings (SSSR count). The van der Waals surface area contributed by atoms with Crippen LogP contribution in [0.15, 0.2) is 17.1 Å². The van der Waals surface area contributed by atoms with Gasteiger partial charge in [-0.1, -0.05) is 0 Å². The predicted octanol–water partition coefficient (Wildman–Crippen LogP) is 1.00. The van der Waals surface area contributed by atoms with Crippen molar-refractivity contribution in [3.63, 3.8) is 0 Å². The van der Waals surface area contributed by atoms with Crippen molar-refractivity contribution < 1.29 is 18.3 Å². The van der Waals surface area contributed by atoms with E-state index in [1.54, 1.807) is 21.2 Å². The van der Waals surface area contributed by atoms with E-state index in [0.29, 0.717) is 49.7 Å². The second-order valence-electron chi connectivity index (χ2n) is 6.04. The molecule has 0 fully saturated rings. The highest BCUT2D eigenvalue weighted by atomic mass is 19.1. The lowest BCUT2D eigenvalue weighted by Gasteiger charge is -2.32. The van der Waals surface area contributed by atoms with Gasteiger partial charge in [-0.05, 0) is 23.6 Å². The fourth-order valence-corrected chi connectivity index (χ4v) is 2.61. The smallest absolute Gasteiger partial charge is 0.243 e. The quantitative estimate of drug-likeness (QED) is 0.487. The van der Waals surface area contributed by atoms with E-state index in [0.717, 1.165) is 6.07 Å². The maximum absolute atomic E-state index is 13.9. The Labute approximate surface area is 146 Å². The maximum Gasteiger partial charge on any atom is 0.243 e. The zero-order valence-corrected chi connectivity index (χ0v) is 14.8. The number of benzene rings is 1. The number of hydrogen-bond acceptors (Lipinski definition) is 3. The zero-order chi connectivity index (χ0) is 18.4. The monoisotopic (exact) mass is 354 g/mol. The molecule has 0 aromatic heterocycles. The van der Waals surface area contributed by atoms with Crippen LogP contribution >= 0.6 is 0 Å². The lowest BCUT2D eigenvalue weighted by atomic mass is 9.99.